The number of hydrogen-bond donors (Lipinski definition) is 1. The molecule has 4 rings (SSSR count). The first-order valence-electron chi connectivity index (χ1n) is 10.5. The lowest BCUT2D eigenvalue weighted by Gasteiger charge is -2.21. The van der Waals surface area contributed by atoms with Crippen LogP contribution in [0.2, 0.25) is 5.02 Å². The van der Waals surface area contributed by atoms with Gasteiger partial charge in [0.05, 0.1) is 15.4 Å². The zero-order valence-electron chi connectivity index (χ0n) is 18.5. The van der Waals surface area contributed by atoms with E-state index in [2.05, 4.69) is 5.32 Å². The minimum Gasteiger partial charge on any atom is -0.453 e. The summed E-state index contributed by atoms with van der Waals surface area (Å²) in [7, 11) is 0. The quantitative estimate of drug-likeness (QED) is 0.114. The van der Waals surface area contributed by atoms with Crippen molar-refractivity contribution in [3.63, 3.8) is 0 Å². The summed E-state index contributed by atoms with van der Waals surface area (Å²) in [6.07, 6.45) is -1.52. The summed E-state index contributed by atoms with van der Waals surface area (Å²) >= 11 is 5.78. The Kier molecular flexibility index (Phi) is 6.76. The Hall–Kier alpha value is -4.97. The van der Waals surface area contributed by atoms with E-state index in [9.17, 15) is 39.4 Å². The molecule has 0 radical (unpaired) electrons. The minimum atomic E-state index is -1.94. The number of non-ortho nitro benzene ring substituents is 1. The topological polar surface area (TPSA) is 176 Å². The Morgan fingerprint density at radius 1 is 0.946 bits per heavy atom. The average Bonchev–Trinajstić information content (AvgIpc) is 3.21. The molecule has 12 nitrogen and oxygen atoms in total. The number of nitrogens with one attached hydrogen (secondary N) is 1. The summed E-state index contributed by atoms with van der Waals surface area (Å²) in [6.45, 7) is 0. The molecule has 1 amide bonds. The van der Waals surface area contributed by atoms with Crippen LogP contribution >= 0.6 is 11.6 Å². The third kappa shape index (κ3) is 4.90. The number of cyclic esters (lactones) is 1. The first-order chi connectivity index (χ1) is 17.6. The largest absolute Gasteiger partial charge is 0.453 e. The number of ketones is 2. The van der Waals surface area contributed by atoms with Crippen LogP contribution in [0.3, 0.4) is 0 Å². The van der Waals surface area contributed by atoms with Gasteiger partial charge in [-0.3, -0.25) is 34.6 Å². The van der Waals surface area contributed by atoms with Crippen molar-refractivity contribution in [2.45, 2.75) is 6.10 Å². The molecule has 3 aromatic rings. The van der Waals surface area contributed by atoms with Crippen molar-refractivity contribution in [1.29, 1.82) is 0 Å². The van der Waals surface area contributed by atoms with Crippen LogP contribution in [0.4, 0.5) is 17.1 Å². The van der Waals surface area contributed by atoms with Gasteiger partial charge in [0.25, 0.3) is 17.3 Å². The number of ether oxygens (including phenoxy) is 1. The van der Waals surface area contributed by atoms with E-state index in [0.29, 0.717) is 0 Å². The number of fused-ring (bicyclic) bond motifs is 1. The number of nitro benzene ring substituents is 2. The van der Waals surface area contributed by atoms with Gasteiger partial charge in [-0.05, 0) is 18.2 Å². The predicted molar refractivity (Wildman–Crippen MR) is 127 cm³/mol. The van der Waals surface area contributed by atoms with Gasteiger partial charge in [0, 0.05) is 34.3 Å². The van der Waals surface area contributed by atoms with Crippen molar-refractivity contribution in [3.8, 4) is 0 Å². The highest BCUT2D eigenvalue weighted by atomic mass is 35.5. The zero-order valence-corrected chi connectivity index (χ0v) is 19.2. The highest BCUT2D eigenvalue weighted by Gasteiger charge is 2.46. The maximum atomic E-state index is 13.5. The third-order valence-corrected chi connectivity index (χ3v) is 5.79. The molecule has 186 valence electrons. The number of nitro groups is 2. The molecular weight excluding hydrogens is 510 g/mol. The molecule has 1 aliphatic heterocycles. The number of Topliss-reactive ketones (excluding diaryl/α,β-unsaturated/α-hetero) is 2. The van der Waals surface area contributed by atoms with Gasteiger partial charge in [-0.15, -0.1) is 0 Å². The van der Waals surface area contributed by atoms with E-state index in [4.69, 9.17) is 16.3 Å². The Morgan fingerprint density at radius 3 is 2.38 bits per heavy atom. The summed E-state index contributed by atoms with van der Waals surface area (Å²) in [5.41, 5.74) is -1.45. The van der Waals surface area contributed by atoms with Gasteiger partial charge >= 0.3 is 5.97 Å². The Morgan fingerprint density at radius 2 is 1.68 bits per heavy atom. The number of halogens is 1. The fourth-order valence-electron chi connectivity index (χ4n) is 3.85. The molecular formula is C24H14ClN3O9. The molecule has 1 N–H and O–H groups in total. The smallest absolute Gasteiger partial charge is 0.339 e. The summed E-state index contributed by atoms with van der Waals surface area (Å²) < 4.78 is 5.29. The molecule has 0 spiro atoms. The van der Waals surface area contributed by atoms with Gasteiger partial charge in [0.2, 0.25) is 5.78 Å². The lowest BCUT2D eigenvalue weighted by Crippen LogP contribution is -2.38. The van der Waals surface area contributed by atoms with Crippen LogP contribution in [-0.2, 0) is 14.3 Å². The monoisotopic (exact) mass is 523 g/mol. The van der Waals surface area contributed by atoms with Crippen LogP contribution in [0, 0.1) is 26.1 Å². The highest BCUT2D eigenvalue weighted by molar-refractivity contribution is 6.45. The van der Waals surface area contributed by atoms with Gasteiger partial charge in [0.15, 0.2) is 5.78 Å². The van der Waals surface area contributed by atoms with E-state index in [-0.39, 0.29) is 27.4 Å². The second kappa shape index (κ2) is 9.95. The second-order valence-corrected chi connectivity index (χ2v) is 8.24. The Labute approximate surface area is 212 Å². The fourth-order valence-corrected chi connectivity index (χ4v) is 4.02. The Balaban J connectivity index is 1.75. The zero-order chi connectivity index (χ0) is 26.9. The number of amides is 1. The number of benzene rings is 3. The lowest BCUT2D eigenvalue weighted by atomic mass is 9.84. The molecule has 0 saturated carbocycles. The molecule has 13 heteroatoms. The minimum absolute atomic E-state index is 0.00391. The highest BCUT2D eigenvalue weighted by Crippen LogP contribution is 2.38. The van der Waals surface area contributed by atoms with Gasteiger partial charge < -0.3 is 10.1 Å². The first-order valence-corrected chi connectivity index (χ1v) is 10.8. The van der Waals surface area contributed by atoms with Crippen LogP contribution < -0.4 is 5.32 Å². The van der Waals surface area contributed by atoms with Crippen molar-refractivity contribution >= 4 is 52.1 Å². The maximum Gasteiger partial charge on any atom is 0.339 e. The van der Waals surface area contributed by atoms with E-state index in [1.54, 1.807) is 0 Å². The van der Waals surface area contributed by atoms with Crippen molar-refractivity contribution in [2.24, 2.45) is 5.92 Å². The van der Waals surface area contributed by atoms with Gasteiger partial charge in [-0.25, -0.2) is 4.79 Å². The van der Waals surface area contributed by atoms with Crippen molar-refractivity contribution in [1.82, 2.24) is 0 Å². The molecule has 2 atom stereocenters. The maximum absolute atomic E-state index is 13.5. The molecule has 0 fully saturated rings. The number of hydrogen-bond acceptors (Lipinski definition) is 9. The molecule has 1 aliphatic rings. The number of esters is 1. The van der Waals surface area contributed by atoms with Crippen LogP contribution in [0.5, 0.6) is 0 Å². The van der Waals surface area contributed by atoms with Crippen LogP contribution in [0.1, 0.15) is 32.4 Å². The summed E-state index contributed by atoms with van der Waals surface area (Å²) in [5.74, 6) is -6.59. The van der Waals surface area contributed by atoms with Crippen LogP contribution in [0.25, 0.3) is 0 Å². The summed E-state index contributed by atoms with van der Waals surface area (Å²) in [4.78, 5) is 73.2. The second-order valence-electron chi connectivity index (χ2n) is 7.80. The SMILES string of the molecule is O=C(Nc1ccc(Cl)cc1[N+](=O)[O-])C(=O)[C@@H](C(=O)c1cccc([N+](=O)[O-])c1)[C@@H]1OC(=O)c2ccccc21. The molecule has 37 heavy (non-hydrogen) atoms. The lowest BCUT2D eigenvalue weighted by molar-refractivity contribution is -0.384. The van der Waals surface area contributed by atoms with E-state index < -0.39 is 56.7 Å². The van der Waals surface area contributed by atoms with Crippen molar-refractivity contribution in [2.75, 3.05) is 5.32 Å². The Bertz CT molecular complexity index is 1500. The van der Waals surface area contributed by atoms with Crippen LogP contribution in [0.15, 0.2) is 66.7 Å². The molecule has 0 bridgehead atoms. The van der Waals surface area contributed by atoms with E-state index in [0.717, 1.165) is 24.3 Å². The van der Waals surface area contributed by atoms with Crippen LogP contribution in [-0.4, -0.2) is 33.3 Å². The standard InChI is InChI=1S/C24H14ClN3O9/c25-13-8-9-17(18(11-13)28(35)36)26-23(31)21(30)19(20(29)12-4-3-5-14(10-12)27(33)34)22-15-6-1-2-7-16(15)24(32)37-22/h1-11,19,22H,(H,26,31)/t19-,22-/m1/s1. The van der Waals surface area contributed by atoms with E-state index >= 15 is 0 Å². The average molecular weight is 524 g/mol. The number of rotatable bonds is 8. The molecule has 0 aliphatic carbocycles. The predicted octanol–water partition coefficient (Wildman–Crippen LogP) is 4.07. The normalized spacial score (nSPS) is 14.7. The number of carbonyl (C=O) groups excluding carboxylic acids is 4. The first kappa shape index (κ1) is 25.1. The van der Waals surface area contributed by atoms with Gasteiger partial charge in [-0.1, -0.05) is 41.9 Å². The summed E-state index contributed by atoms with van der Waals surface area (Å²) in [6, 6.07) is 13.7. The van der Waals surface area contributed by atoms with E-state index in [1.807, 2.05) is 0 Å². The fraction of sp³-hybridized carbons (Fsp3) is 0.0833. The van der Waals surface area contributed by atoms with Crippen molar-refractivity contribution < 1.29 is 33.8 Å². The molecule has 1 heterocycles. The molecule has 0 saturated heterocycles. The van der Waals surface area contributed by atoms with Gasteiger partial charge in [-0.2, -0.15) is 0 Å². The van der Waals surface area contributed by atoms with E-state index in [1.165, 1.54) is 42.5 Å². The molecule has 3 aromatic carbocycles. The number of nitrogens with zero attached hydrogens (tertiary/aromatic N) is 2. The molecule has 0 aromatic heterocycles. The van der Waals surface area contributed by atoms with Crippen molar-refractivity contribution in [3.05, 3.63) is 109 Å². The van der Waals surface area contributed by atoms with Gasteiger partial charge in [0.1, 0.15) is 17.7 Å². The summed E-state index contributed by atoms with van der Waals surface area (Å²) in [5, 5.41) is 24.7. The number of anilines is 1. The third-order valence-electron chi connectivity index (χ3n) is 5.56. The number of carbonyl (C=O) groups is 4. The molecule has 0 unspecified atom stereocenters.